The van der Waals surface area contributed by atoms with Crippen molar-refractivity contribution in [2.45, 2.75) is 16.2 Å². The minimum Gasteiger partial charge on any atom is -0.330 e. The van der Waals surface area contributed by atoms with Gasteiger partial charge in [-0.25, -0.2) is 13.4 Å². The van der Waals surface area contributed by atoms with Gasteiger partial charge in [-0.05, 0) is 30.8 Å². The van der Waals surface area contributed by atoms with Gasteiger partial charge in [0.05, 0.1) is 10.6 Å². The van der Waals surface area contributed by atoms with Gasteiger partial charge in [-0.3, -0.25) is 9.81 Å². The van der Waals surface area contributed by atoms with Crippen LogP contribution in [0.4, 0.5) is 0 Å². The average Bonchev–Trinajstić information content (AvgIpc) is 2.56. The van der Waals surface area contributed by atoms with E-state index in [0.29, 0.717) is 17.8 Å². The van der Waals surface area contributed by atoms with E-state index in [9.17, 15) is 8.42 Å². The minimum absolute atomic E-state index is 0.0853. The molecule has 2 heterocycles. The summed E-state index contributed by atoms with van der Waals surface area (Å²) in [5, 5.41) is 8.37. The van der Waals surface area contributed by atoms with Crippen LogP contribution in [0.1, 0.15) is 5.69 Å². The minimum atomic E-state index is -3.84. The maximum Gasteiger partial charge on any atom is 0.212 e. The summed E-state index contributed by atoms with van der Waals surface area (Å²) in [6.07, 6.45) is 1.92. The number of sulfone groups is 1. The molecule has 0 fully saturated rings. The highest BCUT2D eigenvalue weighted by Gasteiger charge is 2.25. The highest BCUT2D eigenvalue weighted by atomic mass is 32.2. The Bertz CT molecular complexity index is 1010. The van der Waals surface area contributed by atoms with E-state index in [1.54, 1.807) is 42.6 Å². The van der Waals surface area contributed by atoms with Crippen LogP contribution in [0.15, 0.2) is 64.5 Å². The molecule has 118 valence electrons. The van der Waals surface area contributed by atoms with E-state index >= 15 is 0 Å². The van der Waals surface area contributed by atoms with Gasteiger partial charge in [0.25, 0.3) is 0 Å². The molecule has 3 aromatic rings. The van der Waals surface area contributed by atoms with E-state index in [2.05, 4.69) is 4.98 Å². The van der Waals surface area contributed by atoms with E-state index < -0.39 is 9.84 Å². The number of hydrogen-bond donors (Lipinski definition) is 2. The quantitative estimate of drug-likeness (QED) is 0.750. The predicted molar refractivity (Wildman–Crippen MR) is 85.7 cm³/mol. The Balaban J connectivity index is 2.38. The maximum atomic E-state index is 13.0. The number of nitrogens with one attached hydrogen (secondary N) is 1. The van der Waals surface area contributed by atoms with Crippen LogP contribution in [-0.4, -0.2) is 24.3 Å². The second kappa shape index (κ2) is 5.94. The van der Waals surface area contributed by atoms with Crippen LogP contribution in [0.2, 0.25) is 0 Å². The van der Waals surface area contributed by atoms with Crippen molar-refractivity contribution >= 4 is 15.5 Å². The van der Waals surface area contributed by atoms with E-state index in [0.717, 1.165) is 0 Å². The summed E-state index contributed by atoms with van der Waals surface area (Å²) >= 11 is 0. The molecule has 0 aliphatic carbocycles. The van der Waals surface area contributed by atoms with Gasteiger partial charge < -0.3 is 5.73 Å². The zero-order chi connectivity index (χ0) is 16.4. The molecule has 6 nitrogen and oxygen atoms in total. The number of benzene rings is 1. The monoisotopic (exact) mass is 328 g/mol. The van der Waals surface area contributed by atoms with Crippen molar-refractivity contribution < 1.29 is 8.42 Å². The fourth-order valence-electron chi connectivity index (χ4n) is 2.46. The first-order chi connectivity index (χ1) is 11.1. The first-order valence-corrected chi connectivity index (χ1v) is 8.59. The first kappa shape index (κ1) is 15.4. The third-order valence-corrected chi connectivity index (χ3v) is 5.37. The Morgan fingerprint density at radius 1 is 1.09 bits per heavy atom. The topological polar surface area (TPSA) is 101 Å². The molecule has 0 aliphatic rings. The Kier molecular flexibility index (Phi) is 3.97. The molecule has 2 aromatic heterocycles. The second-order valence-electron chi connectivity index (χ2n) is 5.02. The van der Waals surface area contributed by atoms with Crippen molar-refractivity contribution in [2.75, 3.05) is 6.54 Å². The lowest BCUT2D eigenvalue weighted by Gasteiger charge is -2.12. The molecule has 3 N–H and O–H groups in total. The molecule has 0 saturated heterocycles. The summed E-state index contributed by atoms with van der Waals surface area (Å²) in [5.41, 5.74) is 6.34. The maximum absolute atomic E-state index is 13.0. The first-order valence-electron chi connectivity index (χ1n) is 7.11. The van der Waals surface area contributed by atoms with E-state index in [1.807, 2.05) is 0 Å². The lowest BCUT2D eigenvalue weighted by molar-refractivity contribution is 0.590. The highest BCUT2D eigenvalue weighted by Crippen LogP contribution is 2.20. The molecule has 0 bridgehead atoms. The summed E-state index contributed by atoms with van der Waals surface area (Å²) in [6, 6.07) is 13.3. The Morgan fingerprint density at radius 3 is 2.48 bits per heavy atom. The average molecular weight is 328 g/mol. The van der Waals surface area contributed by atoms with Crippen LogP contribution in [0.25, 0.3) is 5.65 Å². The van der Waals surface area contributed by atoms with Gasteiger partial charge in [0, 0.05) is 12.6 Å². The third kappa shape index (κ3) is 2.64. The van der Waals surface area contributed by atoms with Crippen molar-refractivity contribution in [2.24, 2.45) is 5.73 Å². The van der Waals surface area contributed by atoms with E-state index in [4.69, 9.17) is 11.1 Å². The number of rotatable bonds is 4. The summed E-state index contributed by atoms with van der Waals surface area (Å²) in [6.45, 7) is 0.257. The number of nitrogens with two attached hydrogens (primary N) is 1. The van der Waals surface area contributed by atoms with Crippen molar-refractivity contribution in [3.05, 3.63) is 65.9 Å². The van der Waals surface area contributed by atoms with Crippen molar-refractivity contribution in [1.29, 1.82) is 5.41 Å². The van der Waals surface area contributed by atoms with Gasteiger partial charge in [-0.1, -0.05) is 24.3 Å². The standard InChI is InChI=1S/C16H16N4O2S/c17-10-9-13-15(23(21,22)12-6-2-1-3-7-12)16(18)20-11-5-4-8-14(20)19-13/h1-8,11,18H,9-10,17H2. The number of hydrogen-bond acceptors (Lipinski definition) is 5. The molecule has 3 rings (SSSR count). The fraction of sp³-hybridized carbons (Fsp3) is 0.125. The van der Waals surface area contributed by atoms with Gasteiger partial charge in [-0.15, -0.1) is 0 Å². The summed E-state index contributed by atoms with van der Waals surface area (Å²) < 4.78 is 27.4. The second-order valence-corrected chi connectivity index (χ2v) is 6.91. The molecule has 0 unspecified atom stereocenters. The fourth-order valence-corrected chi connectivity index (χ4v) is 4.02. The van der Waals surface area contributed by atoms with E-state index in [1.165, 1.54) is 16.5 Å². The normalized spacial score (nSPS) is 11.7. The van der Waals surface area contributed by atoms with Crippen LogP contribution >= 0.6 is 0 Å². The lowest BCUT2D eigenvalue weighted by Crippen LogP contribution is -2.27. The van der Waals surface area contributed by atoms with Gasteiger partial charge in [0.2, 0.25) is 9.84 Å². The summed E-state index contributed by atoms with van der Waals surface area (Å²) in [4.78, 5) is 4.46. The van der Waals surface area contributed by atoms with E-state index in [-0.39, 0.29) is 21.8 Å². The zero-order valence-corrected chi connectivity index (χ0v) is 13.1. The summed E-state index contributed by atoms with van der Waals surface area (Å²) in [5.74, 6) is 0. The zero-order valence-electron chi connectivity index (χ0n) is 12.3. The van der Waals surface area contributed by atoms with Crippen molar-refractivity contribution in [1.82, 2.24) is 9.38 Å². The highest BCUT2D eigenvalue weighted by molar-refractivity contribution is 7.91. The molecule has 0 atom stereocenters. The molecule has 0 saturated carbocycles. The van der Waals surface area contributed by atoms with Crippen molar-refractivity contribution in [3.63, 3.8) is 0 Å². The molecule has 0 radical (unpaired) electrons. The molecule has 0 amide bonds. The predicted octanol–water partition coefficient (Wildman–Crippen LogP) is 1.15. The molecule has 0 spiro atoms. The Morgan fingerprint density at radius 2 is 1.78 bits per heavy atom. The van der Waals surface area contributed by atoms with Crippen LogP contribution < -0.4 is 11.2 Å². The largest absolute Gasteiger partial charge is 0.330 e. The van der Waals surface area contributed by atoms with Crippen molar-refractivity contribution in [3.8, 4) is 0 Å². The van der Waals surface area contributed by atoms with Gasteiger partial charge in [0.15, 0.2) is 5.49 Å². The van der Waals surface area contributed by atoms with Crippen LogP contribution in [0.3, 0.4) is 0 Å². The number of nitrogens with zero attached hydrogens (tertiary/aromatic N) is 2. The van der Waals surface area contributed by atoms with Gasteiger partial charge in [0.1, 0.15) is 10.5 Å². The Hall–Kier alpha value is -2.51. The molecule has 0 aliphatic heterocycles. The molecule has 1 aromatic carbocycles. The van der Waals surface area contributed by atoms with Gasteiger partial charge >= 0.3 is 0 Å². The Labute approximate surface area is 133 Å². The number of pyridine rings is 1. The molecule has 23 heavy (non-hydrogen) atoms. The molecule has 7 heteroatoms. The van der Waals surface area contributed by atoms with Gasteiger partial charge in [-0.2, -0.15) is 0 Å². The summed E-state index contributed by atoms with van der Waals surface area (Å²) in [7, 11) is -3.84. The SMILES string of the molecule is N=c1c(S(=O)(=O)c2ccccc2)c(CCN)nc2ccccn12. The molecular formula is C16H16N4O2S. The van der Waals surface area contributed by atoms with Crippen LogP contribution in [0, 0.1) is 5.41 Å². The lowest BCUT2D eigenvalue weighted by atomic mass is 10.3. The third-order valence-electron chi connectivity index (χ3n) is 3.51. The number of aromatic nitrogens is 2. The smallest absolute Gasteiger partial charge is 0.212 e. The van der Waals surface area contributed by atoms with Crippen LogP contribution in [-0.2, 0) is 16.3 Å². The molecular weight excluding hydrogens is 312 g/mol. The number of fused-ring (bicyclic) bond motifs is 1. The van der Waals surface area contributed by atoms with Crippen LogP contribution in [0.5, 0.6) is 0 Å².